The van der Waals surface area contributed by atoms with E-state index in [4.69, 9.17) is 15.8 Å². The van der Waals surface area contributed by atoms with Crippen molar-refractivity contribution < 1.29 is 74.3 Å². The summed E-state index contributed by atoms with van der Waals surface area (Å²) in [7, 11) is -7.33. The zero-order valence-corrected chi connectivity index (χ0v) is 31.2. The Bertz CT molecular complexity index is 614. The summed E-state index contributed by atoms with van der Waals surface area (Å²) in [5, 5.41) is 22.0. The van der Waals surface area contributed by atoms with Crippen molar-refractivity contribution in [1.29, 1.82) is 15.8 Å². The van der Waals surface area contributed by atoms with Gasteiger partial charge in [0, 0.05) is 20.8 Å². The molecule has 0 spiro atoms. The van der Waals surface area contributed by atoms with Gasteiger partial charge in [-0.1, -0.05) is 137 Å². The average molecular weight is 841 g/mol. The summed E-state index contributed by atoms with van der Waals surface area (Å²) >= 11 is 0. The van der Waals surface area contributed by atoms with Crippen LogP contribution in [0.3, 0.4) is 0 Å². The molecule has 0 saturated heterocycles. The van der Waals surface area contributed by atoms with Crippen molar-refractivity contribution >= 4 is 15.1 Å². The molecule has 15 heteroatoms. The van der Waals surface area contributed by atoms with Gasteiger partial charge >= 0.3 is 54.0 Å². The summed E-state index contributed by atoms with van der Waals surface area (Å²) in [5.41, 5.74) is 0. The van der Waals surface area contributed by atoms with Gasteiger partial charge in [-0.25, -0.2) is 0 Å². The molecule has 0 aliphatic heterocycles. The van der Waals surface area contributed by atoms with E-state index in [1.165, 1.54) is 85.0 Å². The van der Waals surface area contributed by atoms with E-state index >= 15 is 0 Å². The number of hydrogen-bond donors (Lipinski definition) is 0. The van der Waals surface area contributed by atoms with Crippen LogP contribution in [0.25, 0.3) is 0 Å². The Kier molecular flexibility index (Phi) is 155. The van der Waals surface area contributed by atoms with Crippen LogP contribution in [0.15, 0.2) is 72.8 Å². The molecule has 2 aromatic carbocycles. The maximum Gasteiger partial charge on any atom is 2.00 e. The molecule has 2 aliphatic carbocycles. The number of benzene rings is 2. The van der Waals surface area contributed by atoms with Crippen molar-refractivity contribution in [2.24, 2.45) is 0 Å². The van der Waals surface area contributed by atoms with E-state index < -0.39 is 15.1 Å². The molecule has 2 fully saturated rings. The maximum atomic E-state index is 9.67. The Morgan fingerprint density at radius 1 is 0.391 bits per heavy atom. The Balaban J connectivity index is -0.0000000281. The van der Waals surface area contributed by atoms with Gasteiger partial charge in [0.05, 0.1) is 18.2 Å². The fourth-order valence-corrected chi connectivity index (χ4v) is 2.54. The van der Waals surface area contributed by atoms with Gasteiger partial charge in [-0.05, 0) is 0 Å². The molecule has 46 heavy (non-hydrogen) atoms. The third kappa shape index (κ3) is 178. The molecule has 2 saturated carbocycles. The van der Waals surface area contributed by atoms with Crippen molar-refractivity contribution in [1.82, 2.24) is 0 Å². The van der Waals surface area contributed by atoms with E-state index in [2.05, 4.69) is 0 Å². The molecule has 0 unspecified atom stereocenters. The van der Waals surface area contributed by atoms with Crippen LogP contribution in [-0.4, -0.2) is 15.1 Å². The minimum Gasteiger partial charge on any atom is -1.00 e. The van der Waals surface area contributed by atoms with Crippen molar-refractivity contribution in [3.63, 3.8) is 0 Å². The summed E-state index contributed by atoms with van der Waals surface area (Å²) in [6.45, 7) is 4.29. The summed E-state index contributed by atoms with van der Waals surface area (Å²) in [4.78, 5) is 0. The number of rotatable bonds is 0. The normalized spacial score (nSPS) is 9.00. The first kappa shape index (κ1) is 79.3. The Morgan fingerprint density at radius 2 is 0.435 bits per heavy atom. The zero-order valence-electron chi connectivity index (χ0n) is 27.7. The average Bonchev–Trinajstić information content (AvgIpc) is 3.67. The van der Waals surface area contributed by atoms with E-state index in [1.54, 1.807) is 18.2 Å². The second kappa shape index (κ2) is 90.1. The summed E-state index contributed by atoms with van der Waals surface area (Å²) in [6.07, 6.45) is 15.0. The molecule has 2 aliphatic rings. The SMILES string of the molecule is C1CCCC1.C1CCCC1.CC#N.CC#N.CC#N.FB(F)F.FB(F)F.[CH3-].[CH3-].[CH3-].[F-].[F-].[Ru+2].[Ru+].c1ccccc1.c1ccccc1. The van der Waals surface area contributed by atoms with Crippen LogP contribution in [0.1, 0.15) is 85.0 Å². The van der Waals surface area contributed by atoms with Gasteiger partial charge in [-0.3, -0.25) is 25.9 Å². The first-order chi connectivity index (χ1) is 18.7. The monoisotopic (exact) mass is 842 g/mol. The van der Waals surface area contributed by atoms with E-state index in [1.807, 2.05) is 72.8 Å². The number of halogens is 8. The zero-order chi connectivity index (χ0) is 30.8. The van der Waals surface area contributed by atoms with Crippen LogP contribution in [0.5, 0.6) is 0 Å². The van der Waals surface area contributed by atoms with Crippen LogP contribution in [-0.2, 0) is 39.0 Å². The van der Waals surface area contributed by atoms with Crippen molar-refractivity contribution in [3.8, 4) is 18.2 Å². The summed E-state index contributed by atoms with van der Waals surface area (Å²) < 4.78 is 58.0. The molecule has 0 bridgehead atoms. The fraction of sp³-hybridized carbons (Fsp3) is 0.419. The van der Waals surface area contributed by atoms with Gasteiger partial charge in [-0.2, -0.15) is 15.8 Å². The minimum absolute atomic E-state index is 0. The predicted molar refractivity (Wildman–Crippen MR) is 170 cm³/mol. The van der Waals surface area contributed by atoms with Crippen molar-refractivity contribution in [2.75, 3.05) is 0 Å². The second-order valence-corrected chi connectivity index (χ2v) is 7.01. The molecule has 0 N–H and O–H groups in total. The van der Waals surface area contributed by atoms with E-state index in [0.717, 1.165) is 0 Å². The van der Waals surface area contributed by atoms with Crippen LogP contribution >= 0.6 is 0 Å². The first-order valence-corrected chi connectivity index (χ1v) is 12.5. The van der Waals surface area contributed by atoms with Crippen LogP contribution < -0.4 is 9.41 Å². The molecule has 0 amide bonds. The molecule has 0 atom stereocenters. The molecule has 0 heterocycles. The number of nitrogens with zero attached hydrogens (tertiary/aromatic N) is 3. The van der Waals surface area contributed by atoms with Crippen LogP contribution in [0.4, 0.5) is 25.9 Å². The third-order valence-corrected chi connectivity index (χ3v) is 3.83. The van der Waals surface area contributed by atoms with Gasteiger partial charge in [0.2, 0.25) is 0 Å². The molecule has 2 aromatic rings. The Hall–Kier alpha value is -2.27. The molecule has 269 valence electrons. The molecule has 0 aromatic heterocycles. The number of nitriles is 3. The summed E-state index contributed by atoms with van der Waals surface area (Å²) in [5.74, 6) is 0. The first-order valence-electron chi connectivity index (χ1n) is 12.5. The standard InChI is InChI=1S/2C6H6.2C5H10.3C2H3N.3CH3.2BF3.2FH.2Ru/c2*1-2-4-6-5-3-1;2*1-2-4-5-3-1;3*1-2-3;;;;2*2-1(3)4;;;;/h2*1-6H;2*1-5H2;3*1H3;3*1H3;;;2*1H;;/q;;;;;;;3*-1;;;;;+1;+2/p-2. The van der Waals surface area contributed by atoms with Gasteiger partial charge in [0.15, 0.2) is 0 Å². The largest absolute Gasteiger partial charge is 2.00 e. The maximum absolute atomic E-state index is 9.67. The molecule has 3 nitrogen and oxygen atoms in total. The fourth-order valence-electron chi connectivity index (χ4n) is 2.54. The quantitative estimate of drug-likeness (QED) is 0.187. The Morgan fingerprint density at radius 3 is 0.478 bits per heavy atom. The molecular formula is C31H50B2F8N3Ru2-2. The summed E-state index contributed by atoms with van der Waals surface area (Å²) in [6, 6.07) is 29.2. The number of hydrogen-bond acceptors (Lipinski definition) is 3. The van der Waals surface area contributed by atoms with Gasteiger partial charge < -0.3 is 31.7 Å². The van der Waals surface area contributed by atoms with Crippen molar-refractivity contribution in [2.45, 2.75) is 85.0 Å². The Labute approximate surface area is 302 Å². The smallest absolute Gasteiger partial charge is 1.00 e. The van der Waals surface area contributed by atoms with Crippen LogP contribution in [0.2, 0.25) is 0 Å². The van der Waals surface area contributed by atoms with Gasteiger partial charge in [0.25, 0.3) is 0 Å². The molecule has 1 radical (unpaired) electrons. The minimum atomic E-state index is -3.67. The van der Waals surface area contributed by atoms with Gasteiger partial charge in [0.1, 0.15) is 0 Å². The van der Waals surface area contributed by atoms with E-state index in [-0.39, 0.29) is 70.6 Å². The van der Waals surface area contributed by atoms with E-state index in [0.29, 0.717) is 0 Å². The predicted octanol–water partition coefficient (Wildman–Crippen LogP) is 5.98. The second-order valence-electron chi connectivity index (χ2n) is 7.01. The van der Waals surface area contributed by atoms with Crippen molar-refractivity contribution in [3.05, 3.63) is 95.1 Å². The van der Waals surface area contributed by atoms with Gasteiger partial charge in [-0.15, -0.1) is 0 Å². The van der Waals surface area contributed by atoms with Crippen LogP contribution in [0, 0.1) is 56.3 Å². The topological polar surface area (TPSA) is 71.4 Å². The molecule has 4 rings (SSSR count). The molecular weight excluding hydrogens is 790 g/mol. The van der Waals surface area contributed by atoms with E-state index in [9.17, 15) is 25.9 Å². The third-order valence-electron chi connectivity index (χ3n) is 3.83.